The van der Waals surface area contributed by atoms with Gasteiger partial charge in [0.25, 0.3) is 0 Å². The van der Waals surface area contributed by atoms with Crippen LogP contribution in [0.15, 0.2) is 18.2 Å². The Morgan fingerprint density at radius 1 is 1.26 bits per heavy atom. The summed E-state index contributed by atoms with van der Waals surface area (Å²) in [6.45, 7) is 11.5. The van der Waals surface area contributed by atoms with Crippen molar-refractivity contribution in [1.29, 1.82) is 0 Å². The van der Waals surface area contributed by atoms with Gasteiger partial charge in [-0.3, -0.25) is 0 Å². The number of ether oxygens (including phenoxy) is 2. The average Bonchev–Trinajstić information content (AvgIpc) is 2.38. The third-order valence-electron chi connectivity index (χ3n) is 3.40. The van der Waals surface area contributed by atoms with Gasteiger partial charge in [-0.1, -0.05) is 13.0 Å². The summed E-state index contributed by atoms with van der Waals surface area (Å²) in [5.74, 6) is 1.60. The molecule has 0 bridgehead atoms. The number of hydrogen-bond acceptors (Lipinski definition) is 3. The first-order valence-electron chi connectivity index (χ1n) is 6.94. The minimum absolute atomic E-state index is 0.0995. The molecule has 3 nitrogen and oxygen atoms in total. The number of aryl methyl sites for hydroxylation is 1. The topological polar surface area (TPSA) is 30.5 Å². The summed E-state index contributed by atoms with van der Waals surface area (Å²) in [5.41, 5.74) is 1.32. The minimum Gasteiger partial charge on any atom is -0.493 e. The Bertz CT molecular complexity index is 402. The van der Waals surface area contributed by atoms with Crippen molar-refractivity contribution >= 4 is 0 Å². The smallest absolute Gasteiger partial charge is 0.161 e. The van der Waals surface area contributed by atoms with Crippen LogP contribution in [0.2, 0.25) is 0 Å². The third kappa shape index (κ3) is 5.11. The fraction of sp³-hybridized carbons (Fsp3) is 0.625. The van der Waals surface area contributed by atoms with E-state index in [9.17, 15) is 0 Å². The molecular weight excluding hydrogens is 238 g/mol. The van der Waals surface area contributed by atoms with Gasteiger partial charge in [-0.15, -0.1) is 0 Å². The molecule has 0 saturated carbocycles. The van der Waals surface area contributed by atoms with Crippen LogP contribution in [0.5, 0.6) is 11.5 Å². The van der Waals surface area contributed by atoms with Crippen molar-refractivity contribution in [3.05, 3.63) is 23.8 Å². The van der Waals surface area contributed by atoms with Crippen molar-refractivity contribution in [1.82, 2.24) is 5.32 Å². The van der Waals surface area contributed by atoms with Gasteiger partial charge in [0.2, 0.25) is 0 Å². The Hall–Kier alpha value is -1.22. The maximum atomic E-state index is 5.94. The van der Waals surface area contributed by atoms with Crippen LogP contribution < -0.4 is 14.8 Å². The fourth-order valence-electron chi connectivity index (χ4n) is 1.68. The third-order valence-corrected chi connectivity index (χ3v) is 3.40. The van der Waals surface area contributed by atoms with Gasteiger partial charge in [-0.25, -0.2) is 0 Å². The molecule has 3 heteroatoms. The number of methoxy groups -OCH3 is 1. The number of rotatable bonds is 7. The van der Waals surface area contributed by atoms with Crippen molar-refractivity contribution in [2.45, 2.75) is 52.7 Å². The van der Waals surface area contributed by atoms with E-state index in [-0.39, 0.29) is 11.6 Å². The molecule has 0 aliphatic rings. The second-order valence-electron chi connectivity index (χ2n) is 5.70. The average molecular weight is 265 g/mol. The molecule has 1 atom stereocenters. The second-order valence-corrected chi connectivity index (χ2v) is 5.70. The summed E-state index contributed by atoms with van der Waals surface area (Å²) < 4.78 is 11.3. The van der Waals surface area contributed by atoms with Crippen LogP contribution in [0, 0.1) is 6.92 Å². The van der Waals surface area contributed by atoms with E-state index in [1.165, 1.54) is 5.56 Å². The quantitative estimate of drug-likeness (QED) is 0.818. The Labute approximate surface area is 117 Å². The molecule has 19 heavy (non-hydrogen) atoms. The lowest BCUT2D eigenvalue weighted by atomic mass is 10.0. The molecule has 1 N–H and O–H groups in total. The van der Waals surface area contributed by atoms with E-state index in [0.717, 1.165) is 24.5 Å². The number of benzene rings is 1. The zero-order valence-electron chi connectivity index (χ0n) is 13.0. The van der Waals surface area contributed by atoms with E-state index in [0.29, 0.717) is 0 Å². The van der Waals surface area contributed by atoms with Crippen LogP contribution in [0.4, 0.5) is 0 Å². The first-order chi connectivity index (χ1) is 8.88. The molecule has 0 heterocycles. The predicted octanol–water partition coefficient (Wildman–Crippen LogP) is 3.55. The molecule has 0 radical (unpaired) electrons. The summed E-state index contributed by atoms with van der Waals surface area (Å²) >= 11 is 0. The summed E-state index contributed by atoms with van der Waals surface area (Å²) in [6.07, 6.45) is 1.19. The van der Waals surface area contributed by atoms with Gasteiger partial charge >= 0.3 is 0 Å². The van der Waals surface area contributed by atoms with E-state index in [2.05, 4.69) is 33.0 Å². The molecule has 1 unspecified atom stereocenters. The van der Waals surface area contributed by atoms with E-state index < -0.39 is 0 Å². The lowest BCUT2D eigenvalue weighted by molar-refractivity contribution is 0.191. The first kappa shape index (κ1) is 15.8. The van der Waals surface area contributed by atoms with Crippen molar-refractivity contribution in [2.75, 3.05) is 13.7 Å². The van der Waals surface area contributed by atoms with Gasteiger partial charge in [-0.2, -0.15) is 0 Å². The van der Waals surface area contributed by atoms with Gasteiger partial charge in [0.1, 0.15) is 6.10 Å². The molecule has 0 aliphatic heterocycles. The van der Waals surface area contributed by atoms with Crippen LogP contribution in [-0.2, 0) is 0 Å². The van der Waals surface area contributed by atoms with E-state index in [1.807, 2.05) is 25.1 Å². The molecule has 0 aromatic heterocycles. The molecule has 1 aromatic carbocycles. The van der Waals surface area contributed by atoms with E-state index in [4.69, 9.17) is 9.47 Å². The minimum atomic E-state index is 0.0995. The van der Waals surface area contributed by atoms with Crippen LogP contribution in [0.3, 0.4) is 0 Å². The zero-order chi connectivity index (χ0) is 14.5. The first-order valence-corrected chi connectivity index (χ1v) is 6.94. The standard InChI is InChI=1S/C16H27NO2/c1-7-16(4,5)17-11-13(3)19-14-9-8-12(2)10-15(14)18-6/h8-10,13,17H,7,11H2,1-6H3. The van der Waals surface area contributed by atoms with Crippen molar-refractivity contribution in [2.24, 2.45) is 0 Å². The highest BCUT2D eigenvalue weighted by Gasteiger charge is 2.16. The normalized spacial score (nSPS) is 13.2. The lowest BCUT2D eigenvalue weighted by Crippen LogP contribution is -2.43. The van der Waals surface area contributed by atoms with Gasteiger partial charge in [0.15, 0.2) is 11.5 Å². The van der Waals surface area contributed by atoms with Crippen molar-refractivity contribution < 1.29 is 9.47 Å². The molecule has 1 aromatic rings. The maximum absolute atomic E-state index is 5.94. The van der Waals surface area contributed by atoms with Gasteiger partial charge in [-0.05, 0) is 51.8 Å². The molecular formula is C16H27NO2. The van der Waals surface area contributed by atoms with E-state index in [1.54, 1.807) is 7.11 Å². The summed E-state index contributed by atoms with van der Waals surface area (Å²) in [6, 6.07) is 6.00. The molecule has 1 rings (SSSR count). The number of hydrogen-bond donors (Lipinski definition) is 1. The van der Waals surface area contributed by atoms with Gasteiger partial charge < -0.3 is 14.8 Å². The molecule has 0 amide bonds. The molecule has 0 saturated heterocycles. The monoisotopic (exact) mass is 265 g/mol. The molecule has 0 fully saturated rings. The summed E-state index contributed by atoms with van der Waals surface area (Å²) in [5, 5.41) is 3.51. The summed E-state index contributed by atoms with van der Waals surface area (Å²) in [7, 11) is 1.67. The van der Waals surface area contributed by atoms with Gasteiger partial charge in [0, 0.05) is 12.1 Å². The Balaban J connectivity index is 2.59. The molecule has 0 spiro atoms. The van der Waals surface area contributed by atoms with E-state index >= 15 is 0 Å². The largest absolute Gasteiger partial charge is 0.493 e. The van der Waals surface area contributed by atoms with Crippen LogP contribution in [0.25, 0.3) is 0 Å². The predicted molar refractivity (Wildman–Crippen MR) is 80.2 cm³/mol. The molecule has 0 aliphatic carbocycles. The van der Waals surface area contributed by atoms with Crippen molar-refractivity contribution in [3.8, 4) is 11.5 Å². The van der Waals surface area contributed by atoms with Crippen LogP contribution in [-0.4, -0.2) is 25.3 Å². The highest BCUT2D eigenvalue weighted by atomic mass is 16.5. The van der Waals surface area contributed by atoms with Gasteiger partial charge in [0.05, 0.1) is 7.11 Å². The SMILES string of the molecule is CCC(C)(C)NCC(C)Oc1ccc(C)cc1OC. The van der Waals surface area contributed by atoms with Crippen molar-refractivity contribution in [3.63, 3.8) is 0 Å². The zero-order valence-corrected chi connectivity index (χ0v) is 13.0. The highest BCUT2D eigenvalue weighted by molar-refractivity contribution is 5.42. The second kappa shape index (κ2) is 6.80. The lowest BCUT2D eigenvalue weighted by Gasteiger charge is -2.27. The Morgan fingerprint density at radius 3 is 2.53 bits per heavy atom. The van der Waals surface area contributed by atoms with Crippen LogP contribution in [0.1, 0.15) is 39.7 Å². The molecule has 108 valence electrons. The fourth-order valence-corrected chi connectivity index (χ4v) is 1.68. The van der Waals surface area contributed by atoms with Crippen LogP contribution >= 0.6 is 0 Å². The Kier molecular flexibility index (Phi) is 5.67. The Morgan fingerprint density at radius 2 is 1.95 bits per heavy atom. The summed E-state index contributed by atoms with van der Waals surface area (Å²) in [4.78, 5) is 0. The number of nitrogens with one attached hydrogen (secondary N) is 1. The highest BCUT2D eigenvalue weighted by Crippen LogP contribution is 2.28. The maximum Gasteiger partial charge on any atom is 0.161 e.